The second-order valence-electron chi connectivity index (χ2n) is 4.37. The Bertz CT molecular complexity index is 513. The summed E-state index contributed by atoms with van der Waals surface area (Å²) in [7, 11) is 0. The van der Waals surface area contributed by atoms with Crippen LogP contribution in [-0.4, -0.2) is 5.11 Å². The highest BCUT2D eigenvalue weighted by Crippen LogP contribution is 2.27. The van der Waals surface area contributed by atoms with Crippen LogP contribution >= 0.6 is 11.3 Å². The minimum absolute atomic E-state index is 0.115. The SMILES string of the molecule is CC(NC(C)c1cc(F)ccc1O)c1ccsc1. The maximum atomic E-state index is 13.2. The minimum Gasteiger partial charge on any atom is -0.508 e. The molecule has 0 aliphatic rings. The van der Waals surface area contributed by atoms with Gasteiger partial charge >= 0.3 is 0 Å². The Morgan fingerprint density at radius 1 is 1.22 bits per heavy atom. The van der Waals surface area contributed by atoms with Gasteiger partial charge in [0, 0.05) is 17.6 Å². The standard InChI is InChI=1S/C14H16FNOS/c1-9(11-5-6-18-8-11)16-10(2)13-7-12(15)3-4-14(13)17/h3-10,16-17H,1-2H3. The Morgan fingerprint density at radius 3 is 2.67 bits per heavy atom. The Labute approximate surface area is 110 Å². The van der Waals surface area contributed by atoms with Gasteiger partial charge in [-0.1, -0.05) is 0 Å². The molecule has 1 aromatic heterocycles. The molecule has 2 N–H and O–H groups in total. The van der Waals surface area contributed by atoms with Crippen molar-refractivity contribution in [3.05, 3.63) is 52.0 Å². The fraction of sp³-hybridized carbons (Fsp3) is 0.286. The first-order valence-electron chi connectivity index (χ1n) is 5.84. The Kier molecular flexibility index (Phi) is 3.99. The molecule has 2 nitrogen and oxygen atoms in total. The van der Waals surface area contributed by atoms with Gasteiger partial charge in [0.2, 0.25) is 0 Å². The molecular formula is C14H16FNOS. The number of aromatic hydroxyl groups is 1. The number of hydrogen-bond acceptors (Lipinski definition) is 3. The van der Waals surface area contributed by atoms with Crippen LogP contribution in [0.3, 0.4) is 0 Å². The number of nitrogens with one attached hydrogen (secondary N) is 1. The molecule has 0 spiro atoms. The third-order valence-corrected chi connectivity index (χ3v) is 3.70. The second-order valence-corrected chi connectivity index (χ2v) is 5.15. The molecule has 96 valence electrons. The van der Waals surface area contributed by atoms with Crippen LogP contribution in [-0.2, 0) is 0 Å². The molecule has 1 aromatic carbocycles. The van der Waals surface area contributed by atoms with E-state index in [0.717, 1.165) is 0 Å². The van der Waals surface area contributed by atoms with Gasteiger partial charge in [0.25, 0.3) is 0 Å². The predicted octanol–water partition coefficient (Wildman–Crippen LogP) is 4.00. The molecule has 4 heteroatoms. The first-order valence-corrected chi connectivity index (χ1v) is 6.78. The third-order valence-electron chi connectivity index (χ3n) is 3.00. The second kappa shape index (κ2) is 5.50. The quantitative estimate of drug-likeness (QED) is 0.875. The van der Waals surface area contributed by atoms with Crippen molar-refractivity contribution >= 4 is 11.3 Å². The maximum absolute atomic E-state index is 13.2. The molecule has 2 unspecified atom stereocenters. The number of phenolic OH excluding ortho intramolecular Hbond substituents is 1. The van der Waals surface area contributed by atoms with Gasteiger partial charge in [-0.3, -0.25) is 0 Å². The van der Waals surface area contributed by atoms with Crippen LogP contribution in [0.2, 0.25) is 0 Å². The van der Waals surface area contributed by atoms with Crippen LogP contribution in [0.1, 0.15) is 37.1 Å². The van der Waals surface area contributed by atoms with Gasteiger partial charge in [0.1, 0.15) is 11.6 Å². The van der Waals surface area contributed by atoms with Gasteiger partial charge < -0.3 is 10.4 Å². The molecule has 2 atom stereocenters. The van der Waals surface area contributed by atoms with Crippen LogP contribution in [0, 0.1) is 5.82 Å². The summed E-state index contributed by atoms with van der Waals surface area (Å²) in [6.45, 7) is 3.96. The summed E-state index contributed by atoms with van der Waals surface area (Å²) >= 11 is 1.65. The van der Waals surface area contributed by atoms with E-state index in [0.29, 0.717) is 5.56 Å². The Hall–Kier alpha value is -1.39. The van der Waals surface area contributed by atoms with Gasteiger partial charge in [-0.15, -0.1) is 0 Å². The lowest BCUT2D eigenvalue weighted by Gasteiger charge is -2.20. The van der Waals surface area contributed by atoms with Crippen molar-refractivity contribution in [3.63, 3.8) is 0 Å². The number of phenols is 1. The van der Waals surface area contributed by atoms with Gasteiger partial charge in [0.15, 0.2) is 0 Å². The monoisotopic (exact) mass is 265 g/mol. The zero-order valence-corrected chi connectivity index (χ0v) is 11.2. The lowest BCUT2D eigenvalue weighted by atomic mass is 10.0. The van der Waals surface area contributed by atoms with Crippen LogP contribution in [0.25, 0.3) is 0 Å². The molecule has 0 radical (unpaired) electrons. The molecule has 0 aliphatic carbocycles. The molecule has 0 saturated heterocycles. The average Bonchev–Trinajstić information content (AvgIpc) is 2.85. The van der Waals surface area contributed by atoms with Gasteiger partial charge in [-0.05, 0) is 54.4 Å². The van der Waals surface area contributed by atoms with Gasteiger partial charge in [-0.2, -0.15) is 11.3 Å². The summed E-state index contributed by atoms with van der Waals surface area (Å²) < 4.78 is 13.2. The van der Waals surface area contributed by atoms with Crippen molar-refractivity contribution in [2.45, 2.75) is 25.9 Å². The summed E-state index contributed by atoms with van der Waals surface area (Å²) in [5, 5.41) is 17.2. The molecule has 0 bridgehead atoms. The van der Waals surface area contributed by atoms with E-state index >= 15 is 0 Å². The largest absolute Gasteiger partial charge is 0.508 e. The van der Waals surface area contributed by atoms with Crippen molar-refractivity contribution in [3.8, 4) is 5.75 Å². The van der Waals surface area contributed by atoms with Gasteiger partial charge in [-0.25, -0.2) is 4.39 Å². The first kappa shape index (κ1) is 13.1. The third kappa shape index (κ3) is 2.89. The lowest BCUT2D eigenvalue weighted by molar-refractivity contribution is 0.435. The molecule has 1 heterocycles. The van der Waals surface area contributed by atoms with E-state index in [1.54, 1.807) is 11.3 Å². The average molecular weight is 265 g/mol. The number of benzene rings is 1. The molecule has 0 saturated carbocycles. The highest BCUT2D eigenvalue weighted by molar-refractivity contribution is 7.07. The summed E-state index contributed by atoms with van der Waals surface area (Å²) in [5.41, 5.74) is 1.78. The van der Waals surface area contributed by atoms with Crippen molar-refractivity contribution in [1.82, 2.24) is 5.32 Å². The van der Waals surface area contributed by atoms with E-state index in [9.17, 15) is 9.50 Å². The fourth-order valence-electron chi connectivity index (χ4n) is 1.95. The molecule has 0 fully saturated rings. The zero-order chi connectivity index (χ0) is 13.1. The topological polar surface area (TPSA) is 32.3 Å². The fourth-order valence-corrected chi connectivity index (χ4v) is 2.71. The van der Waals surface area contributed by atoms with Crippen molar-refractivity contribution in [1.29, 1.82) is 0 Å². The molecule has 0 aliphatic heterocycles. The van der Waals surface area contributed by atoms with Gasteiger partial charge in [0.05, 0.1) is 0 Å². The number of rotatable bonds is 4. The molecule has 0 amide bonds. The van der Waals surface area contributed by atoms with Crippen molar-refractivity contribution < 1.29 is 9.50 Å². The lowest BCUT2D eigenvalue weighted by Crippen LogP contribution is -2.22. The van der Waals surface area contributed by atoms with Crippen LogP contribution in [0.15, 0.2) is 35.0 Å². The van der Waals surface area contributed by atoms with E-state index in [1.807, 2.05) is 12.3 Å². The number of halogens is 1. The molecular weight excluding hydrogens is 249 g/mol. The van der Waals surface area contributed by atoms with E-state index in [1.165, 1.54) is 23.8 Å². The minimum atomic E-state index is -0.334. The molecule has 2 aromatic rings. The van der Waals surface area contributed by atoms with Crippen LogP contribution in [0.5, 0.6) is 5.75 Å². The van der Waals surface area contributed by atoms with E-state index in [-0.39, 0.29) is 23.7 Å². The number of thiophene rings is 1. The maximum Gasteiger partial charge on any atom is 0.123 e. The predicted molar refractivity (Wildman–Crippen MR) is 72.3 cm³/mol. The van der Waals surface area contributed by atoms with E-state index in [4.69, 9.17) is 0 Å². The van der Waals surface area contributed by atoms with E-state index in [2.05, 4.69) is 23.7 Å². The number of hydrogen-bond donors (Lipinski definition) is 2. The molecule has 2 rings (SSSR count). The smallest absolute Gasteiger partial charge is 0.123 e. The van der Waals surface area contributed by atoms with E-state index < -0.39 is 0 Å². The summed E-state index contributed by atoms with van der Waals surface area (Å²) in [6.07, 6.45) is 0. The van der Waals surface area contributed by atoms with Crippen LogP contribution in [0.4, 0.5) is 4.39 Å². The van der Waals surface area contributed by atoms with Crippen molar-refractivity contribution in [2.75, 3.05) is 0 Å². The van der Waals surface area contributed by atoms with Crippen molar-refractivity contribution in [2.24, 2.45) is 0 Å². The summed E-state index contributed by atoms with van der Waals surface area (Å²) in [6, 6.07) is 6.12. The van der Waals surface area contributed by atoms with Crippen LogP contribution < -0.4 is 5.32 Å². The highest BCUT2D eigenvalue weighted by Gasteiger charge is 2.15. The Balaban J connectivity index is 2.12. The Morgan fingerprint density at radius 2 is 2.00 bits per heavy atom. The highest BCUT2D eigenvalue weighted by atomic mass is 32.1. The first-order chi connectivity index (χ1) is 8.58. The summed E-state index contributed by atoms with van der Waals surface area (Å²) in [5.74, 6) is -0.214. The summed E-state index contributed by atoms with van der Waals surface area (Å²) in [4.78, 5) is 0. The molecule has 18 heavy (non-hydrogen) atoms. The zero-order valence-electron chi connectivity index (χ0n) is 10.4. The normalized spacial score (nSPS) is 14.4.